The Bertz CT molecular complexity index is 445. The topological polar surface area (TPSA) is 57.9 Å². The van der Waals surface area contributed by atoms with Gasteiger partial charge in [-0.2, -0.15) is 5.26 Å². The van der Waals surface area contributed by atoms with Crippen LogP contribution in [0.4, 0.5) is 5.69 Å². The molecule has 2 heterocycles. The van der Waals surface area contributed by atoms with E-state index in [0.717, 1.165) is 43.1 Å². The van der Waals surface area contributed by atoms with Crippen LogP contribution in [0.3, 0.4) is 0 Å². The molecule has 1 aliphatic rings. The molecule has 1 saturated heterocycles. The number of nitrogens with zero attached hydrogens (tertiary/aromatic N) is 2. The predicted molar refractivity (Wildman–Crippen MR) is 65.9 cm³/mol. The van der Waals surface area contributed by atoms with Crippen molar-refractivity contribution in [3.63, 3.8) is 0 Å². The third kappa shape index (κ3) is 2.75. The molecule has 17 heavy (non-hydrogen) atoms. The lowest BCUT2D eigenvalue weighted by molar-refractivity contribution is 0.120. The molecule has 1 N–H and O–H groups in total. The molecule has 4 nitrogen and oxygen atoms in total. The first-order chi connectivity index (χ1) is 8.20. The molecule has 1 aliphatic heterocycles. The van der Waals surface area contributed by atoms with Gasteiger partial charge in [0.1, 0.15) is 6.07 Å². The van der Waals surface area contributed by atoms with Crippen molar-refractivity contribution in [3.05, 3.63) is 23.0 Å². The zero-order chi connectivity index (χ0) is 12.3. The molecule has 0 aromatic carbocycles. The molecule has 0 bridgehead atoms. The highest BCUT2D eigenvalue weighted by Crippen LogP contribution is 2.20. The van der Waals surface area contributed by atoms with Gasteiger partial charge in [0.25, 0.3) is 0 Å². The minimum atomic E-state index is 0.273. The standard InChI is InChI=1S/C13H17N3O/c1-9-6-13(12(7-14)10(2)16-9)15-8-11-4-3-5-17-11/h6,11H,3-5,8H2,1-2H3,(H,15,16). The van der Waals surface area contributed by atoms with Crippen molar-refractivity contribution < 1.29 is 4.74 Å². The van der Waals surface area contributed by atoms with E-state index in [0.29, 0.717) is 5.56 Å². The summed E-state index contributed by atoms with van der Waals surface area (Å²) in [6.45, 7) is 5.41. The van der Waals surface area contributed by atoms with E-state index in [1.807, 2.05) is 19.9 Å². The smallest absolute Gasteiger partial charge is 0.103 e. The van der Waals surface area contributed by atoms with Crippen LogP contribution >= 0.6 is 0 Å². The Labute approximate surface area is 102 Å². The summed E-state index contributed by atoms with van der Waals surface area (Å²) in [5.41, 5.74) is 3.21. The lowest BCUT2D eigenvalue weighted by Gasteiger charge is -2.14. The van der Waals surface area contributed by atoms with Crippen LogP contribution in [-0.4, -0.2) is 24.2 Å². The third-order valence-electron chi connectivity index (χ3n) is 2.98. The second-order valence-corrected chi connectivity index (χ2v) is 4.40. The van der Waals surface area contributed by atoms with Gasteiger partial charge >= 0.3 is 0 Å². The monoisotopic (exact) mass is 231 g/mol. The highest BCUT2D eigenvalue weighted by Gasteiger charge is 2.16. The Hall–Kier alpha value is -1.60. The minimum Gasteiger partial charge on any atom is -0.381 e. The number of aromatic nitrogens is 1. The summed E-state index contributed by atoms with van der Waals surface area (Å²) in [5, 5.41) is 12.4. The van der Waals surface area contributed by atoms with Gasteiger partial charge in [-0.1, -0.05) is 0 Å². The van der Waals surface area contributed by atoms with Gasteiger partial charge in [-0.15, -0.1) is 0 Å². The lowest BCUT2D eigenvalue weighted by Crippen LogP contribution is -2.19. The molecule has 1 aromatic rings. The van der Waals surface area contributed by atoms with Crippen molar-refractivity contribution in [2.24, 2.45) is 0 Å². The number of nitriles is 1. The van der Waals surface area contributed by atoms with Crippen LogP contribution in [0.15, 0.2) is 6.07 Å². The van der Waals surface area contributed by atoms with Crippen LogP contribution in [0.1, 0.15) is 29.8 Å². The first kappa shape index (κ1) is 11.9. The number of nitrogens with one attached hydrogen (secondary N) is 1. The van der Waals surface area contributed by atoms with E-state index in [9.17, 15) is 0 Å². The van der Waals surface area contributed by atoms with E-state index in [1.165, 1.54) is 0 Å². The van der Waals surface area contributed by atoms with E-state index in [-0.39, 0.29) is 6.10 Å². The van der Waals surface area contributed by atoms with E-state index < -0.39 is 0 Å². The molecule has 1 unspecified atom stereocenters. The summed E-state index contributed by atoms with van der Waals surface area (Å²) in [7, 11) is 0. The summed E-state index contributed by atoms with van der Waals surface area (Å²) in [5.74, 6) is 0. The fraction of sp³-hybridized carbons (Fsp3) is 0.538. The zero-order valence-electron chi connectivity index (χ0n) is 10.3. The molecule has 90 valence electrons. The Kier molecular flexibility index (Phi) is 3.60. The fourth-order valence-electron chi connectivity index (χ4n) is 2.14. The molecule has 0 spiro atoms. The molecule has 0 aliphatic carbocycles. The first-order valence-electron chi connectivity index (χ1n) is 5.94. The molecule has 4 heteroatoms. The van der Waals surface area contributed by atoms with Crippen molar-refractivity contribution in [1.82, 2.24) is 4.98 Å². The summed E-state index contributed by atoms with van der Waals surface area (Å²) in [6, 6.07) is 4.12. The van der Waals surface area contributed by atoms with E-state index >= 15 is 0 Å². The van der Waals surface area contributed by atoms with Crippen molar-refractivity contribution in [3.8, 4) is 6.07 Å². The van der Waals surface area contributed by atoms with Crippen LogP contribution < -0.4 is 5.32 Å². The maximum atomic E-state index is 9.12. The predicted octanol–water partition coefficient (Wildman–Crippen LogP) is 2.16. The van der Waals surface area contributed by atoms with E-state index in [4.69, 9.17) is 10.00 Å². The molecule has 1 aromatic heterocycles. The molecular weight excluding hydrogens is 214 g/mol. The van der Waals surface area contributed by atoms with E-state index in [2.05, 4.69) is 16.4 Å². The molecule has 0 amide bonds. The Morgan fingerprint density at radius 1 is 1.59 bits per heavy atom. The van der Waals surface area contributed by atoms with Crippen LogP contribution in [0.2, 0.25) is 0 Å². The third-order valence-corrected chi connectivity index (χ3v) is 2.98. The minimum absolute atomic E-state index is 0.273. The second kappa shape index (κ2) is 5.15. The van der Waals surface area contributed by atoms with Crippen LogP contribution in [0.5, 0.6) is 0 Å². The van der Waals surface area contributed by atoms with Crippen LogP contribution in [0, 0.1) is 25.2 Å². The van der Waals surface area contributed by atoms with Gasteiger partial charge in [0, 0.05) is 18.8 Å². The average molecular weight is 231 g/mol. The second-order valence-electron chi connectivity index (χ2n) is 4.40. The highest BCUT2D eigenvalue weighted by atomic mass is 16.5. The van der Waals surface area contributed by atoms with E-state index in [1.54, 1.807) is 0 Å². The molecule has 1 atom stereocenters. The lowest BCUT2D eigenvalue weighted by atomic mass is 10.1. The number of anilines is 1. The first-order valence-corrected chi connectivity index (χ1v) is 5.94. The number of aryl methyl sites for hydroxylation is 2. The molecule has 0 radical (unpaired) electrons. The summed E-state index contributed by atoms with van der Waals surface area (Å²) < 4.78 is 5.55. The number of hydrogen-bond donors (Lipinski definition) is 1. The molecule has 2 rings (SSSR count). The van der Waals surface area contributed by atoms with Gasteiger partial charge in [-0.05, 0) is 32.8 Å². The molecular formula is C13H17N3O. The average Bonchev–Trinajstić information content (AvgIpc) is 2.78. The number of ether oxygens (including phenoxy) is 1. The highest BCUT2D eigenvalue weighted by molar-refractivity contribution is 5.59. The fourth-order valence-corrected chi connectivity index (χ4v) is 2.14. The van der Waals surface area contributed by atoms with Crippen molar-refractivity contribution in [2.45, 2.75) is 32.8 Å². The maximum Gasteiger partial charge on any atom is 0.103 e. The number of hydrogen-bond acceptors (Lipinski definition) is 4. The Morgan fingerprint density at radius 2 is 2.41 bits per heavy atom. The summed E-state index contributed by atoms with van der Waals surface area (Å²) in [4.78, 5) is 4.29. The summed E-state index contributed by atoms with van der Waals surface area (Å²) >= 11 is 0. The largest absolute Gasteiger partial charge is 0.381 e. The normalized spacial score (nSPS) is 19.0. The Morgan fingerprint density at radius 3 is 3.06 bits per heavy atom. The number of pyridine rings is 1. The number of rotatable bonds is 3. The van der Waals surface area contributed by atoms with Crippen molar-refractivity contribution in [1.29, 1.82) is 5.26 Å². The van der Waals surface area contributed by atoms with Gasteiger partial charge in [0.05, 0.1) is 23.0 Å². The zero-order valence-corrected chi connectivity index (χ0v) is 10.3. The van der Waals surface area contributed by atoms with Gasteiger partial charge in [0.2, 0.25) is 0 Å². The van der Waals surface area contributed by atoms with Gasteiger partial charge in [-0.25, -0.2) is 0 Å². The van der Waals surface area contributed by atoms with Gasteiger partial charge in [-0.3, -0.25) is 4.98 Å². The Balaban J connectivity index is 2.11. The SMILES string of the molecule is Cc1cc(NCC2CCCO2)c(C#N)c(C)n1. The van der Waals surface area contributed by atoms with Gasteiger partial charge in [0.15, 0.2) is 0 Å². The summed E-state index contributed by atoms with van der Waals surface area (Å²) in [6.07, 6.45) is 2.50. The van der Waals surface area contributed by atoms with Crippen LogP contribution in [-0.2, 0) is 4.74 Å². The molecule has 0 saturated carbocycles. The molecule has 1 fully saturated rings. The van der Waals surface area contributed by atoms with Crippen LogP contribution in [0.25, 0.3) is 0 Å². The van der Waals surface area contributed by atoms with Crippen molar-refractivity contribution >= 4 is 5.69 Å². The van der Waals surface area contributed by atoms with Gasteiger partial charge < -0.3 is 10.1 Å². The maximum absolute atomic E-state index is 9.12. The quantitative estimate of drug-likeness (QED) is 0.866. The van der Waals surface area contributed by atoms with Crippen molar-refractivity contribution in [2.75, 3.05) is 18.5 Å².